The number of carbonyl (C=O) groups is 1. The molecule has 0 N–H and O–H groups in total. The second-order valence-corrected chi connectivity index (χ2v) is 4.55. The van der Waals surface area contributed by atoms with Crippen molar-refractivity contribution < 1.29 is 9.53 Å². The van der Waals surface area contributed by atoms with Gasteiger partial charge in [-0.1, -0.05) is 37.3 Å². The molecule has 0 saturated carbocycles. The first kappa shape index (κ1) is 13.9. The molecule has 0 amide bonds. The van der Waals surface area contributed by atoms with E-state index in [1.54, 1.807) is 7.11 Å². The third kappa shape index (κ3) is 3.97. The van der Waals surface area contributed by atoms with E-state index in [-0.39, 0.29) is 5.78 Å². The topological polar surface area (TPSA) is 26.3 Å². The molecule has 94 valence electrons. The molecule has 1 aromatic carbocycles. The number of carbonyl (C=O) groups excluding carboxylic acids is 1. The van der Waals surface area contributed by atoms with Crippen LogP contribution >= 0.6 is 0 Å². The van der Waals surface area contributed by atoms with Gasteiger partial charge in [0, 0.05) is 13.5 Å². The Kier molecular flexibility index (Phi) is 5.36. The summed E-state index contributed by atoms with van der Waals surface area (Å²) in [6.07, 6.45) is 3.17. The summed E-state index contributed by atoms with van der Waals surface area (Å²) in [6, 6.07) is 10.3. The van der Waals surface area contributed by atoms with Crippen LogP contribution in [0.4, 0.5) is 0 Å². The maximum absolute atomic E-state index is 12.0. The predicted molar refractivity (Wildman–Crippen MR) is 70.1 cm³/mol. The number of Topliss-reactive ketones (excluding diaryl/α,β-unsaturated/α-hetero) is 1. The number of benzene rings is 1. The molecule has 0 aromatic heterocycles. The number of hydrogen-bond donors (Lipinski definition) is 0. The molecule has 17 heavy (non-hydrogen) atoms. The van der Waals surface area contributed by atoms with E-state index in [4.69, 9.17) is 4.74 Å². The van der Waals surface area contributed by atoms with Gasteiger partial charge in [-0.15, -0.1) is 0 Å². The third-order valence-corrected chi connectivity index (χ3v) is 3.43. The van der Waals surface area contributed by atoms with Crippen LogP contribution in [0.25, 0.3) is 0 Å². The molecule has 0 spiro atoms. The molecule has 0 bridgehead atoms. The first-order chi connectivity index (χ1) is 8.12. The SMILES string of the molecule is CCC(C)(OC)C(=O)CCCc1ccccc1. The van der Waals surface area contributed by atoms with Crippen molar-refractivity contribution in [2.75, 3.05) is 7.11 Å². The minimum atomic E-state index is -0.601. The zero-order valence-corrected chi connectivity index (χ0v) is 11.0. The van der Waals surface area contributed by atoms with Crippen molar-refractivity contribution in [2.45, 2.75) is 45.1 Å². The quantitative estimate of drug-likeness (QED) is 0.723. The molecular weight excluding hydrogens is 212 g/mol. The highest BCUT2D eigenvalue weighted by Crippen LogP contribution is 2.18. The van der Waals surface area contributed by atoms with Crippen LogP contribution in [0, 0.1) is 0 Å². The van der Waals surface area contributed by atoms with Crippen LogP contribution < -0.4 is 0 Å². The van der Waals surface area contributed by atoms with E-state index in [2.05, 4.69) is 12.1 Å². The van der Waals surface area contributed by atoms with Gasteiger partial charge in [-0.05, 0) is 31.7 Å². The molecule has 1 atom stereocenters. The van der Waals surface area contributed by atoms with E-state index >= 15 is 0 Å². The highest BCUT2D eigenvalue weighted by atomic mass is 16.5. The largest absolute Gasteiger partial charge is 0.371 e. The van der Waals surface area contributed by atoms with Gasteiger partial charge in [0.05, 0.1) is 0 Å². The molecule has 1 aromatic rings. The Morgan fingerprint density at radius 3 is 2.47 bits per heavy atom. The van der Waals surface area contributed by atoms with Crippen molar-refractivity contribution in [1.29, 1.82) is 0 Å². The van der Waals surface area contributed by atoms with E-state index < -0.39 is 5.60 Å². The lowest BCUT2D eigenvalue weighted by molar-refractivity contribution is -0.139. The summed E-state index contributed by atoms with van der Waals surface area (Å²) in [5.41, 5.74) is 0.687. The highest BCUT2D eigenvalue weighted by Gasteiger charge is 2.29. The Morgan fingerprint density at radius 2 is 1.94 bits per heavy atom. The fraction of sp³-hybridized carbons (Fsp3) is 0.533. The molecule has 0 heterocycles. The molecule has 0 fully saturated rings. The number of ether oxygens (including phenoxy) is 1. The number of methoxy groups -OCH3 is 1. The van der Waals surface area contributed by atoms with Gasteiger partial charge in [0.15, 0.2) is 5.78 Å². The Labute approximate surface area is 104 Å². The first-order valence-corrected chi connectivity index (χ1v) is 6.24. The Hall–Kier alpha value is -1.15. The lowest BCUT2D eigenvalue weighted by Crippen LogP contribution is -2.36. The van der Waals surface area contributed by atoms with Crippen molar-refractivity contribution in [3.8, 4) is 0 Å². The van der Waals surface area contributed by atoms with Crippen molar-refractivity contribution in [1.82, 2.24) is 0 Å². The van der Waals surface area contributed by atoms with Gasteiger partial charge in [-0.25, -0.2) is 0 Å². The maximum atomic E-state index is 12.0. The van der Waals surface area contributed by atoms with Gasteiger partial charge in [-0.3, -0.25) is 4.79 Å². The molecule has 1 unspecified atom stereocenters. The predicted octanol–water partition coefficient (Wildman–Crippen LogP) is 3.39. The lowest BCUT2D eigenvalue weighted by atomic mass is 9.93. The highest BCUT2D eigenvalue weighted by molar-refractivity contribution is 5.86. The Bertz CT molecular complexity index is 339. The minimum absolute atomic E-state index is 0.207. The van der Waals surface area contributed by atoms with Gasteiger partial charge in [-0.2, -0.15) is 0 Å². The van der Waals surface area contributed by atoms with Crippen LogP contribution in [0.2, 0.25) is 0 Å². The molecule has 0 aliphatic carbocycles. The number of hydrogen-bond acceptors (Lipinski definition) is 2. The standard InChI is InChI=1S/C15H22O2/c1-4-15(2,17-3)14(16)12-8-11-13-9-6-5-7-10-13/h5-7,9-10H,4,8,11-12H2,1-3H3. The van der Waals surface area contributed by atoms with Crippen molar-refractivity contribution in [3.05, 3.63) is 35.9 Å². The van der Waals surface area contributed by atoms with Crippen LogP contribution in [-0.4, -0.2) is 18.5 Å². The summed E-state index contributed by atoms with van der Waals surface area (Å²) in [5, 5.41) is 0. The van der Waals surface area contributed by atoms with Crippen molar-refractivity contribution >= 4 is 5.78 Å². The Morgan fingerprint density at radius 1 is 1.29 bits per heavy atom. The molecule has 2 nitrogen and oxygen atoms in total. The van der Waals surface area contributed by atoms with Gasteiger partial charge >= 0.3 is 0 Å². The zero-order valence-electron chi connectivity index (χ0n) is 11.0. The normalized spacial score (nSPS) is 14.3. The fourth-order valence-corrected chi connectivity index (χ4v) is 1.82. The monoisotopic (exact) mass is 234 g/mol. The summed E-state index contributed by atoms with van der Waals surface area (Å²) in [6.45, 7) is 3.86. The maximum Gasteiger partial charge on any atom is 0.164 e. The van der Waals surface area contributed by atoms with Crippen LogP contribution in [0.1, 0.15) is 38.7 Å². The number of aryl methyl sites for hydroxylation is 1. The van der Waals surface area contributed by atoms with Gasteiger partial charge < -0.3 is 4.74 Å². The summed E-state index contributed by atoms with van der Waals surface area (Å²) in [5.74, 6) is 0.207. The fourth-order valence-electron chi connectivity index (χ4n) is 1.82. The van der Waals surface area contributed by atoms with Crippen LogP contribution in [0.15, 0.2) is 30.3 Å². The molecule has 0 aliphatic heterocycles. The van der Waals surface area contributed by atoms with E-state index in [0.717, 1.165) is 19.3 Å². The second kappa shape index (κ2) is 6.55. The van der Waals surface area contributed by atoms with Gasteiger partial charge in [0.1, 0.15) is 5.60 Å². The van der Waals surface area contributed by atoms with E-state index in [9.17, 15) is 4.79 Å². The van der Waals surface area contributed by atoms with E-state index in [0.29, 0.717) is 6.42 Å². The van der Waals surface area contributed by atoms with Crippen molar-refractivity contribution in [2.24, 2.45) is 0 Å². The van der Waals surface area contributed by atoms with Crippen LogP contribution in [0.3, 0.4) is 0 Å². The summed E-state index contributed by atoms with van der Waals surface area (Å²) in [7, 11) is 1.61. The van der Waals surface area contributed by atoms with Crippen molar-refractivity contribution in [3.63, 3.8) is 0 Å². The molecule has 0 aliphatic rings. The molecule has 0 radical (unpaired) electrons. The van der Waals surface area contributed by atoms with Gasteiger partial charge in [0.2, 0.25) is 0 Å². The summed E-state index contributed by atoms with van der Waals surface area (Å²) >= 11 is 0. The van der Waals surface area contributed by atoms with E-state index in [1.165, 1.54) is 5.56 Å². The lowest BCUT2D eigenvalue weighted by Gasteiger charge is -2.24. The van der Waals surface area contributed by atoms with Gasteiger partial charge in [0.25, 0.3) is 0 Å². The summed E-state index contributed by atoms with van der Waals surface area (Å²) in [4.78, 5) is 12.0. The minimum Gasteiger partial charge on any atom is -0.371 e. The summed E-state index contributed by atoms with van der Waals surface area (Å²) < 4.78 is 5.30. The zero-order chi connectivity index (χ0) is 12.7. The van der Waals surface area contributed by atoms with Crippen LogP contribution in [-0.2, 0) is 16.0 Å². The Balaban J connectivity index is 2.39. The first-order valence-electron chi connectivity index (χ1n) is 6.24. The van der Waals surface area contributed by atoms with E-state index in [1.807, 2.05) is 32.0 Å². The number of rotatable bonds is 7. The molecule has 0 saturated heterocycles. The number of ketones is 1. The van der Waals surface area contributed by atoms with Crippen LogP contribution in [0.5, 0.6) is 0 Å². The third-order valence-electron chi connectivity index (χ3n) is 3.43. The molecule has 2 heteroatoms. The average Bonchev–Trinajstić information content (AvgIpc) is 2.39. The second-order valence-electron chi connectivity index (χ2n) is 4.55. The average molecular weight is 234 g/mol. The smallest absolute Gasteiger partial charge is 0.164 e. The molecular formula is C15H22O2. The molecule has 1 rings (SSSR count).